The van der Waals surface area contributed by atoms with E-state index in [9.17, 15) is 0 Å². The van der Waals surface area contributed by atoms with Crippen molar-refractivity contribution in [3.8, 4) is 67.6 Å². The largest absolute Gasteiger partial charge is 0.456 e. The van der Waals surface area contributed by atoms with Gasteiger partial charge in [0.25, 0.3) is 0 Å². The second-order valence-corrected chi connectivity index (χ2v) is 15.8. The molecule has 5 heteroatoms. The topological polar surface area (TPSA) is 31.4 Å². The summed E-state index contributed by atoms with van der Waals surface area (Å²) in [4.78, 5) is 4.53. The average molecular weight is 628 g/mol. The lowest BCUT2D eigenvalue weighted by atomic mass is 10.0. The van der Waals surface area contributed by atoms with Gasteiger partial charge in [0.05, 0.1) is 17.0 Å². The molecule has 1 unspecified atom stereocenters. The molecule has 0 aliphatic carbocycles. The highest BCUT2D eigenvalue weighted by Crippen LogP contribution is 2.60. The van der Waals surface area contributed by atoms with Gasteiger partial charge >= 0.3 is 0 Å². The Morgan fingerprint density at radius 3 is 1.63 bits per heavy atom. The maximum absolute atomic E-state index is 6.93. The van der Waals surface area contributed by atoms with Gasteiger partial charge in [-0.25, -0.2) is 0 Å². The van der Waals surface area contributed by atoms with Crippen LogP contribution in [0, 0.1) is 0 Å². The zero-order valence-electron chi connectivity index (χ0n) is 24.6. The highest BCUT2D eigenvalue weighted by atomic mass is 32.4. The molecule has 0 fully saturated rings. The average Bonchev–Trinajstić information content (AvgIpc) is 3.12. The summed E-state index contributed by atoms with van der Waals surface area (Å²) in [6.07, 6.45) is 1.82. The fraction of sp³-hybridized carbons (Fsp3) is 0. The van der Waals surface area contributed by atoms with Gasteiger partial charge in [-0.2, -0.15) is 0 Å². The number of rotatable bonds is 4. The van der Waals surface area contributed by atoms with Crippen molar-refractivity contribution in [3.63, 3.8) is 0 Å². The Morgan fingerprint density at radius 2 is 1.02 bits per heavy atom. The van der Waals surface area contributed by atoms with Gasteiger partial charge in [-0.3, -0.25) is 4.98 Å². The van der Waals surface area contributed by atoms with Crippen LogP contribution in [0.25, 0.3) is 44.6 Å². The first-order valence-electron chi connectivity index (χ1n) is 15.2. The molecule has 3 heterocycles. The van der Waals surface area contributed by atoms with Crippen molar-refractivity contribution in [1.82, 2.24) is 4.98 Å². The summed E-state index contributed by atoms with van der Waals surface area (Å²) >= 11 is 6.92. The number of pyridine rings is 1. The van der Waals surface area contributed by atoms with Gasteiger partial charge in [-0.05, 0) is 76.3 Å². The van der Waals surface area contributed by atoms with Crippen molar-refractivity contribution < 1.29 is 9.47 Å². The minimum absolute atomic E-state index is 0.766. The molecule has 1 atom stereocenters. The molecule has 0 bridgehead atoms. The predicted octanol–water partition coefficient (Wildman–Crippen LogP) is 9.72. The summed E-state index contributed by atoms with van der Waals surface area (Å²) in [6, 6.07) is 49.8. The van der Waals surface area contributed by atoms with E-state index in [1.807, 2.05) is 36.5 Å². The third-order valence-corrected chi connectivity index (χ3v) is 13.7. The van der Waals surface area contributed by atoms with Crippen LogP contribution in [0.1, 0.15) is 0 Å². The van der Waals surface area contributed by atoms with Gasteiger partial charge < -0.3 is 9.47 Å². The standard InChI is InChI=1S/C41H26NO2PS/c46-45-38-22-18-31(27-9-3-1-4-10-27)25-36(38)43-35-21-20-33(29-14-16-30(17-15-29)34-13-7-8-24-42-34)40(41(35)45)44-37-26-32(19-23-39(37)45)28-11-5-2-6-12-28/h1-26H. The maximum atomic E-state index is 6.93. The Balaban J connectivity index is 1.24. The summed E-state index contributed by atoms with van der Waals surface area (Å²) in [7, 11) is 0. The van der Waals surface area contributed by atoms with Crippen LogP contribution in [0.15, 0.2) is 158 Å². The predicted molar refractivity (Wildman–Crippen MR) is 192 cm³/mol. The molecule has 2 aliphatic heterocycles. The van der Waals surface area contributed by atoms with E-state index in [0.717, 1.165) is 83.5 Å². The minimum atomic E-state index is -2.57. The van der Waals surface area contributed by atoms with Crippen molar-refractivity contribution >= 4 is 33.8 Å². The smallest absolute Gasteiger partial charge is 0.148 e. The third-order valence-electron chi connectivity index (χ3n) is 8.81. The lowest BCUT2D eigenvalue weighted by Crippen LogP contribution is -2.35. The van der Waals surface area contributed by atoms with E-state index in [-0.39, 0.29) is 0 Å². The van der Waals surface area contributed by atoms with Crippen LogP contribution in [-0.4, -0.2) is 4.98 Å². The lowest BCUT2D eigenvalue weighted by molar-refractivity contribution is 0.468. The van der Waals surface area contributed by atoms with E-state index in [4.69, 9.17) is 21.3 Å². The Hall–Kier alpha value is -5.28. The number of hydrogen-bond acceptors (Lipinski definition) is 4. The van der Waals surface area contributed by atoms with Crippen LogP contribution in [-0.2, 0) is 11.8 Å². The molecule has 6 aromatic carbocycles. The van der Waals surface area contributed by atoms with E-state index < -0.39 is 6.04 Å². The molecule has 0 N–H and O–H groups in total. The number of fused-ring (bicyclic) bond motifs is 4. The van der Waals surface area contributed by atoms with Crippen molar-refractivity contribution in [2.24, 2.45) is 0 Å². The van der Waals surface area contributed by atoms with Gasteiger partial charge in [0.1, 0.15) is 23.0 Å². The van der Waals surface area contributed by atoms with Crippen molar-refractivity contribution in [3.05, 3.63) is 158 Å². The molecule has 2 aliphatic rings. The molecular formula is C41H26NO2PS. The van der Waals surface area contributed by atoms with Crippen LogP contribution in [0.3, 0.4) is 0 Å². The molecule has 9 rings (SSSR count). The SMILES string of the molecule is S=P12c3ccc(-c4ccccc4)cc3Oc3ccc(-c4ccc(-c5ccccn5)cc4)c(c31)Oc1cc(-c3ccccc3)ccc12. The summed E-state index contributed by atoms with van der Waals surface area (Å²) in [5.74, 6) is 3.17. The zero-order valence-corrected chi connectivity index (χ0v) is 26.3. The number of aromatic nitrogens is 1. The first-order chi connectivity index (χ1) is 22.7. The molecule has 0 radical (unpaired) electrons. The van der Waals surface area contributed by atoms with E-state index in [2.05, 4.69) is 126 Å². The van der Waals surface area contributed by atoms with Gasteiger partial charge in [-0.1, -0.05) is 115 Å². The number of nitrogens with zero attached hydrogens (tertiary/aromatic N) is 1. The maximum Gasteiger partial charge on any atom is 0.148 e. The number of benzene rings is 6. The fourth-order valence-electron chi connectivity index (χ4n) is 6.55. The van der Waals surface area contributed by atoms with Gasteiger partial charge in [0.2, 0.25) is 0 Å². The molecule has 0 saturated carbocycles. The molecule has 1 aromatic heterocycles. The van der Waals surface area contributed by atoms with E-state index in [1.165, 1.54) is 0 Å². The molecule has 0 amide bonds. The van der Waals surface area contributed by atoms with E-state index >= 15 is 0 Å². The Bertz CT molecular complexity index is 2310. The van der Waals surface area contributed by atoms with Crippen LogP contribution in [0.4, 0.5) is 0 Å². The summed E-state index contributed by atoms with van der Waals surface area (Å²) in [6.45, 7) is 0. The molecule has 218 valence electrons. The fourth-order valence-corrected chi connectivity index (χ4v) is 11.0. The molecular weight excluding hydrogens is 601 g/mol. The highest BCUT2D eigenvalue weighted by molar-refractivity contribution is 8.26. The number of hydrogen-bond donors (Lipinski definition) is 0. The van der Waals surface area contributed by atoms with Crippen LogP contribution in [0.2, 0.25) is 0 Å². The van der Waals surface area contributed by atoms with E-state index in [0.29, 0.717) is 0 Å². The third kappa shape index (κ3) is 4.26. The van der Waals surface area contributed by atoms with Gasteiger partial charge in [0, 0.05) is 27.9 Å². The molecule has 46 heavy (non-hydrogen) atoms. The molecule has 0 spiro atoms. The van der Waals surface area contributed by atoms with Crippen LogP contribution >= 0.6 is 6.04 Å². The van der Waals surface area contributed by atoms with E-state index in [1.54, 1.807) is 0 Å². The van der Waals surface area contributed by atoms with Crippen LogP contribution in [0.5, 0.6) is 23.0 Å². The number of ether oxygens (including phenoxy) is 2. The summed E-state index contributed by atoms with van der Waals surface area (Å²) < 4.78 is 13.6. The van der Waals surface area contributed by atoms with Crippen molar-refractivity contribution in [1.29, 1.82) is 0 Å². The minimum Gasteiger partial charge on any atom is -0.456 e. The first-order valence-corrected chi connectivity index (χ1v) is 18.0. The molecule has 3 nitrogen and oxygen atoms in total. The van der Waals surface area contributed by atoms with Crippen molar-refractivity contribution in [2.45, 2.75) is 0 Å². The Morgan fingerprint density at radius 1 is 0.457 bits per heavy atom. The second kappa shape index (κ2) is 10.7. The Kier molecular flexibility index (Phi) is 6.28. The lowest BCUT2D eigenvalue weighted by Gasteiger charge is -2.38. The Labute approximate surface area is 272 Å². The van der Waals surface area contributed by atoms with Crippen molar-refractivity contribution in [2.75, 3.05) is 0 Å². The second-order valence-electron chi connectivity index (χ2n) is 11.5. The monoisotopic (exact) mass is 627 g/mol. The quantitative estimate of drug-likeness (QED) is 0.182. The first kappa shape index (κ1) is 27.1. The molecule has 7 aromatic rings. The normalized spacial score (nSPS) is 15.5. The van der Waals surface area contributed by atoms with Gasteiger partial charge in [-0.15, -0.1) is 0 Å². The summed E-state index contributed by atoms with van der Waals surface area (Å²) in [5, 5.41) is 3.08. The van der Waals surface area contributed by atoms with Crippen LogP contribution < -0.4 is 25.4 Å². The summed E-state index contributed by atoms with van der Waals surface area (Å²) in [5.41, 5.74) is 8.51. The van der Waals surface area contributed by atoms with Gasteiger partial charge in [0.15, 0.2) is 0 Å². The zero-order chi connectivity index (χ0) is 30.7. The highest BCUT2D eigenvalue weighted by Gasteiger charge is 2.43. The molecule has 0 saturated heterocycles.